The molecule has 0 bridgehead atoms. The van der Waals surface area contributed by atoms with Crippen molar-refractivity contribution in [1.29, 1.82) is 0 Å². The second-order valence-corrected chi connectivity index (χ2v) is 8.01. The number of aromatic nitrogens is 1. The van der Waals surface area contributed by atoms with Crippen molar-refractivity contribution in [3.63, 3.8) is 0 Å². The van der Waals surface area contributed by atoms with Crippen molar-refractivity contribution in [2.24, 2.45) is 0 Å². The van der Waals surface area contributed by atoms with Crippen molar-refractivity contribution in [1.82, 2.24) is 9.88 Å². The molecule has 24 heavy (non-hydrogen) atoms. The van der Waals surface area contributed by atoms with Crippen molar-refractivity contribution >= 4 is 40.4 Å². The van der Waals surface area contributed by atoms with Gasteiger partial charge in [0.1, 0.15) is 0 Å². The van der Waals surface area contributed by atoms with Crippen molar-refractivity contribution in [2.75, 3.05) is 49.2 Å². The average molecular weight is 363 g/mol. The molecule has 1 saturated heterocycles. The molecule has 0 saturated carbocycles. The topological polar surface area (TPSA) is 48.5 Å². The zero-order valence-electron chi connectivity index (χ0n) is 14.0. The van der Waals surface area contributed by atoms with Crippen LogP contribution in [0.15, 0.2) is 34.0 Å². The number of thiazole rings is 1. The number of hydrogen-bond donors (Lipinski definition) is 1. The van der Waals surface area contributed by atoms with Crippen molar-refractivity contribution in [3.05, 3.63) is 35.3 Å². The van der Waals surface area contributed by atoms with Crippen LogP contribution in [0.2, 0.25) is 0 Å². The summed E-state index contributed by atoms with van der Waals surface area (Å²) in [4.78, 5) is 21.1. The molecule has 1 aliphatic rings. The summed E-state index contributed by atoms with van der Waals surface area (Å²) in [5, 5.41) is 4.94. The molecule has 1 aromatic carbocycles. The van der Waals surface area contributed by atoms with Crippen LogP contribution in [0.1, 0.15) is 5.69 Å². The molecule has 1 N–H and O–H groups in total. The number of likely N-dealkylation sites (N-methyl/N-ethyl adjacent to an activating group) is 1. The second-order valence-electron chi connectivity index (χ2n) is 5.93. The number of benzene rings is 1. The van der Waals surface area contributed by atoms with E-state index in [-0.39, 0.29) is 5.91 Å². The number of carbonyl (C=O) groups excluding carboxylic acids is 1. The summed E-state index contributed by atoms with van der Waals surface area (Å²) in [6.07, 6.45) is 0. The minimum Gasteiger partial charge on any atom is -0.369 e. The van der Waals surface area contributed by atoms with E-state index in [0.29, 0.717) is 5.75 Å². The highest BCUT2D eigenvalue weighted by Gasteiger charge is 2.14. The van der Waals surface area contributed by atoms with Crippen LogP contribution in [0.25, 0.3) is 0 Å². The molecule has 0 unspecified atom stereocenters. The Hall–Kier alpha value is -1.57. The lowest BCUT2D eigenvalue weighted by Crippen LogP contribution is -2.44. The molecule has 128 valence electrons. The normalized spacial score (nSPS) is 15.5. The second kappa shape index (κ2) is 8.00. The summed E-state index contributed by atoms with van der Waals surface area (Å²) < 4.78 is 0.938. The Morgan fingerprint density at radius 2 is 1.96 bits per heavy atom. The number of thioether (sulfide) groups is 1. The predicted molar refractivity (Wildman–Crippen MR) is 102 cm³/mol. The average Bonchev–Trinajstić information content (AvgIpc) is 3.00. The van der Waals surface area contributed by atoms with Crippen molar-refractivity contribution < 1.29 is 4.79 Å². The third-order valence-electron chi connectivity index (χ3n) is 3.94. The van der Waals surface area contributed by atoms with E-state index < -0.39 is 0 Å². The highest BCUT2D eigenvalue weighted by molar-refractivity contribution is 8.01. The van der Waals surface area contributed by atoms with Gasteiger partial charge in [-0.15, -0.1) is 11.3 Å². The van der Waals surface area contributed by atoms with E-state index in [1.165, 1.54) is 17.4 Å². The molecule has 1 amide bonds. The standard InChI is InChI=1S/C17H22N4OS2/c1-13-11-23-17(18-13)24-12-16(22)19-14-3-5-15(6-4-14)21-9-7-20(2)8-10-21/h3-6,11H,7-10,12H2,1-2H3,(H,19,22). The number of piperazine rings is 1. The Morgan fingerprint density at radius 3 is 2.58 bits per heavy atom. The van der Waals surface area contributed by atoms with Gasteiger partial charge in [-0.2, -0.15) is 0 Å². The summed E-state index contributed by atoms with van der Waals surface area (Å²) in [6, 6.07) is 8.12. The summed E-state index contributed by atoms with van der Waals surface area (Å²) in [5.74, 6) is 0.382. The summed E-state index contributed by atoms with van der Waals surface area (Å²) in [7, 11) is 2.15. The van der Waals surface area contributed by atoms with Crippen LogP contribution >= 0.6 is 23.1 Å². The molecule has 5 nitrogen and oxygen atoms in total. The third-order valence-corrected chi connectivity index (χ3v) is 6.08. The summed E-state index contributed by atoms with van der Waals surface area (Å²) >= 11 is 3.06. The fraction of sp³-hybridized carbons (Fsp3) is 0.412. The predicted octanol–water partition coefficient (Wildman–Crippen LogP) is 2.93. The quantitative estimate of drug-likeness (QED) is 0.829. The molecule has 0 aliphatic carbocycles. The Bertz CT molecular complexity index is 678. The Labute approximate surface area is 151 Å². The maximum absolute atomic E-state index is 12.0. The lowest BCUT2D eigenvalue weighted by atomic mass is 10.2. The van der Waals surface area contributed by atoms with Gasteiger partial charge in [-0.25, -0.2) is 4.98 Å². The van der Waals surface area contributed by atoms with Gasteiger partial charge in [0.2, 0.25) is 5.91 Å². The number of carbonyl (C=O) groups is 1. The minimum absolute atomic E-state index is 0.000186. The lowest BCUT2D eigenvalue weighted by Gasteiger charge is -2.34. The molecule has 3 rings (SSSR count). The zero-order valence-corrected chi connectivity index (χ0v) is 15.6. The van der Waals surface area contributed by atoms with Crippen LogP contribution in [0, 0.1) is 6.92 Å². The minimum atomic E-state index is 0.000186. The van der Waals surface area contributed by atoms with Gasteiger partial charge in [0.05, 0.1) is 5.75 Å². The number of rotatable bonds is 5. The molecule has 1 aromatic heterocycles. The van der Waals surface area contributed by atoms with E-state index in [2.05, 4.69) is 39.3 Å². The highest BCUT2D eigenvalue weighted by Crippen LogP contribution is 2.23. The highest BCUT2D eigenvalue weighted by atomic mass is 32.2. The molecule has 1 aliphatic heterocycles. The largest absolute Gasteiger partial charge is 0.369 e. The molecule has 2 aromatic rings. The molecular formula is C17H22N4OS2. The van der Waals surface area contributed by atoms with E-state index >= 15 is 0 Å². The summed E-state index contributed by atoms with van der Waals surface area (Å²) in [6.45, 7) is 6.23. The van der Waals surface area contributed by atoms with Crippen LogP contribution < -0.4 is 10.2 Å². The van der Waals surface area contributed by atoms with Crippen LogP contribution in [0.4, 0.5) is 11.4 Å². The van der Waals surface area contributed by atoms with Crippen molar-refractivity contribution in [3.8, 4) is 0 Å². The molecule has 2 heterocycles. The molecule has 7 heteroatoms. The number of amides is 1. The fourth-order valence-corrected chi connectivity index (χ4v) is 4.19. The first-order chi connectivity index (χ1) is 11.6. The lowest BCUT2D eigenvalue weighted by molar-refractivity contribution is -0.113. The molecule has 0 radical (unpaired) electrons. The van der Waals surface area contributed by atoms with Gasteiger partial charge >= 0.3 is 0 Å². The zero-order chi connectivity index (χ0) is 16.9. The van der Waals surface area contributed by atoms with Crippen LogP contribution in [-0.2, 0) is 4.79 Å². The van der Waals surface area contributed by atoms with E-state index in [1.54, 1.807) is 11.3 Å². The first-order valence-corrected chi connectivity index (χ1v) is 9.85. The number of anilines is 2. The van der Waals surface area contributed by atoms with E-state index in [1.807, 2.05) is 24.4 Å². The van der Waals surface area contributed by atoms with Crippen molar-refractivity contribution in [2.45, 2.75) is 11.3 Å². The van der Waals surface area contributed by atoms with Crippen LogP contribution in [-0.4, -0.2) is 54.8 Å². The molecule has 1 fully saturated rings. The number of aryl methyl sites for hydroxylation is 1. The third kappa shape index (κ3) is 4.72. The first-order valence-electron chi connectivity index (χ1n) is 7.98. The van der Waals surface area contributed by atoms with Gasteiger partial charge in [-0.1, -0.05) is 11.8 Å². The van der Waals surface area contributed by atoms with E-state index in [4.69, 9.17) is 0 Å². The van der Waals surface area contributed by atoms with Gasteiger partial charge in [0.25, 0.3) is 0 Å². The van der Waals surface area contributed by atoms with Crippen LogP contribution in [0.5, 0.6) is 0 Å². The molecule has 0 spiro atoms. The maximum Gasteiger partial charge on any atom is 0.234 e. The van der Waals surface area contributed by atoms with E-state index in [9.17, 15) is 4.79 Å². The van der Waals surface area contributed by atoms with Gasteiger partial charge in [0.15, 0.2) is 4.34 Å². The fourth-order valence-electron chi connectivity index (χ4n) is 2.54. The van der Waals surface area contributed by atoms with Gasteiger partial charge in [-0.3, -0.25) is 4.79 Å². The van der Waals surface area contributed by atoms with Gasteiger partial charge in [0, 0.05) is 48.6 Å². The Morgan fingerprint density at radius 1 is 1.25 bits per heavy atom. The number of nitrogens with one attached hydrogen (secondary N) is 1. The maximum atomic E-state index is 12.0. The summed E-state index contributed by atoms with van der Waals surface area (Å²) in [5.41, 5.74) is 3.06. The van der Waals surface area contributed by atoms with E-state index in [0.717, 1.165) is 41.9 Å². The van der Waals surface area contributed by atoms with Gasteiger partial charge in [-0.05, 0) is 38.2 Å². The number of hydrogen-bond acceptors (Lipinski definition) is 6. The SMILES string of the molecule is Cc1csc(SCC(=O)Nc2ccc(N3CCN(C)CC3)cc2)n1. The smallest absolute Gasteiger partial charge is 0.234 e. The van der Waals surface area contributed by atoms with Crippen LogP contribution in [0.3, 0.4) is 0 Å². The Kier molecular flexibility index (Phi) is 5.76. The number of nitrogens with zero attached hydrogens (tertiary/aromatic N) is 3. The first kappa shape index (κ1) is 17.3. The van der Waals surface area contributed by atoms with Gasteiger partial charge < -0.3 is 15.1 Å². The molecular weight excluding hydrogens is 340 g/mol. The monoisotopic (exact) mass is 362 g/mol. The Balaban J connectivity index is 1.49. The molecule has 0 atom stereocenters.